The Morgan fingerprint density at radius 1 is 1.16 bits per heavy atom. The molecule has 0 aromatic heterocycles. The largest absolute Gasteiger partial charge is 0.367 e. The molecule has 0 radical (unpaired) electrons. The van der Waals surface area contributed by atoms with Gasteiger partial charge in [-0.2, -0.15) is 0 Å². The molecule has 2 unspecified atom stereocenters. The summed E-state index contributed by atoms with van der Waals surface area (Å²) in [6, 6.07) is 0. The normalized spacial score (nSPS) is 39.2. The van der Waals surface area contributed by atoms with Gasteiger partial charge in [0.1, 0.15) is 0 Å². The molecule has 1 saturated carbocycles. The molecule has 2 rings (SSSR count). The molecular weight excluding hydrogens is 236 g/mol. The Morgan fingerprint density at radius 3 is 2.21 bits per heavy atom. The Kier molecular flexibility index (Phi) is 4.03. The molecule has 1 aliphatic heterocycles. The molecular formula is C16H32N2O. The lowest BCUT2D eigenvalue weighted by atomic mass is 9.74. The number of nitrogens with two attached hydrogens (primary N) is 1. The van der Waals surface area contributed by atoms with E-state index >= 15 is 0 Å². The third-order valence-electron chi connectivity index (χ3n) is 4.81. The van der Waals surface area contributed by atoms with Crippen LogP contribution in [-0.2, 0) is 4.74 Å². The van der Waals surface area contributed by atoms with Gasteiger partial charge in [0.05, 0.1) is 11.2 Å². The predicted octanol–water partition coefficient (Wildman–Crippen LogP) is 2.78. The molecule has 2 atom stereocenters. The predicted molar refractivity (Wildman–Crippen MR) is 80.2 cm³/mol. The minimum Gasteiger partial charge on any atom is -0.367 e. The number of morpholine rings is 1. The third kappa shape index (κ3) is 3.32. The quantitative estimate of drug-likeness (QED) is 0.837. The van der Waals surface area contributed by atoms with Crippen LogP contribution < -0.4 is 5.73 Å². The van der Waals surface area contributed by atoms with E-state index in [9.17, 15) is 0 Å². The lowest BCUT2D eigenvalue weighted by Gasteiger charge is -2.56. The highest BCUT2D eigenvalue weighted by Gasteiger charge is 2.47. The van der Waals surface area contributed by atoms with E-state index in [0.717, 1.165) is 25.6 Å². The van der Waals surface area contributed by atoms with Crippen molar-refractivity contribution in [2.75, 3.05) is 19.6 Å². The van der Waals surface area contributed by atoms with Gasteiger partial charge in [0, 0.05) is 25.2 Å². The van der Waals surface area contributed by atoms with E-state index in [1.807, 2.05) is 0 Å². The van der Waals surface area contributed by atoms with Crippen LogP contribution in [0.15, 0.2) is 0 Å². The van der Waals surface area contributed by atoms with E-state index in [-0.39, 0.29) is 16.7 Å². The standard InChI is InChI=1S/C16H32N2O/c1-13-7-6-8-16(9-13,10-17)18-11-14(2,3)19-15(4,5)12-18/h13H,6-12,17H2,1-5H3. The van der Waals surface area contributed by atoms with Gasteiger partial charge in [-0.3, -0.25) is 4.90 Å². The van der Waals surface area contributed by atoms with E-state index in [2.05, 4.69) is 39.5 Å². The van der Waals surface area contributed by atoms with Crippen LogP contribution >= 0.6 is 0 Å². The molecule has 2 N–H and O–H groups in total. The second-order valence-corrected chi connectivity index (χ2v) is 8.11. The molecule has 0 aromatic rings. The lowest BCUT2D eigenvalue weighted by molar-refractivity contribution is -0.203. The summed E-state index contributed by atoms with van der Waals surface area (Å²) in [4.78, 5) is 2.64. The summed E-state index contributed by atoms with van der Waals surface area (Å²) in [6.07, 6.45) is 5.17. The zero-order valence-corrected chi connectivity index (χ0v) is 13.5. The van der Waals surface area contributed by atoms with Crippen LogP contribution in [0.25, 0.3) is 0 Å². The first-order valence-corrected chi connectivity index (χ1v) is 7.83. The minimum atomic E-state index is -0.0788. The topological polar surface area (TPSA) is 38.5 Å². The molecule has 0 spiro atoms. The summed E-state index contributed by atoms with van der Waals surface area (Å²) in [5.41, 5.74) is 6.27. The second-order valence-electron chi connectivity index (χ2n) is 8.11. The van der Waals surface area contributed by atoms with Gasteiger partial charge < -0.3 is 10.5 Å². The maximum atomic E-state index is 6.23. The van der Waals surface area contributed by atoms with Crippen molar-refractivity contribution in [1.29, 1.82) is 0 Å². The molecule has 2 aliphatic rings. The van der Waals surface area contributed by atoms with Gasteiger partial charge in [-0.25, -0.2) is 0 Å². The first-order valence-electron chi connectivity index (χ1n) is 7.83. The Labute approximate surface area is 118 Å². The van der Waals surface area contributed by atoms with E-state index in [1.54, 1.807) is 0 Å². The van der Waals surface area contributed by atoms with Crippen molar-refractivity contribution < 1.29 is 4.74 Å². The van der Waals surface area contributed by atoms with Gasteiger partial charge in [0.2, 0.25) is 0 Å². The highest BCUT2D eigenvalue weighted by Crippen LogP contribution is 2.40. The van der Waals surface area contributed by atoms with Crippen molar-refractivity contribution in [3.05, 3.63) is 0 Å². The van der Waals surface area contributed by atoms with Crippen molar-refractivity contribution >= 4 is 0 Å². The van der Waals surface area contributed by atoms with Gasteiger partial charge in [-0.15, -0.1) is 0 Å². The number of nitrogens with zero attached hydrogens (tertiary/aromatic N) is 1. The summed E-state index contributed by atoms with van der Waals surface area (Å²) >= 11 is 0. The first kappa shape index (κ1) is 15.3. The Balaban J connectivity index is 2.22. The van der Waals surface area contributed by atoms with Crippen molar-refractivity contribution in [1.82, 2.24) is 4.90 Å². The van der Waals surface area contributed by atoms with Gasteiger partial charge in [0.15, 0.2) is 0 Å². The van der Waals surface area contributed by atoms with Crippen LogP contribution in [0.4, 0.5) is 0 Å². The fraction of sp³-hybridized carbons (Fsp3) is 1.00. The van der Waals surface area contributed by atoms with Gasteiger partial charge in [0.25, 0.3) is 0 Å². The maximum Gasteiger partial charge on any atom is 0.0761 e. The SMILES string of the molecule is CC1CCCC(CN)(N2CC(C)(C)OC(C)(C)C2)C1. The second kappa shape index (κ2) is 5.01. The van der Waals surface area contributed by atoms with Crippen molar-refractivity contribution in [2.24, 2.45) is 11.7 Å². The monoisotopic (exact) mass is 268 g/mol. The fourth-order valence-corrected chi connectivity index (χ4v) is 4.36. The highest BCUT2D eigenvalue weighted by molar-refractivity contribution is 5.02. The summed E-state index contributed by atoms with van der Waals surface area (Å²) in [7, 11) is 0. The van der Waals surface area contributed by atoms with Crippen LogP contribution in [0, 0.1) is 5.92 Å². The smallest absolute Gasteiger partial charge is 0.0761 e. The van der Waals surface area contributed by atoms with E-state index < -0.39 is 0 Å². The van der Waals surface area contributed by atoms with Crippen LogP contribution in [0.1, 0.15) is 60.3 Å². The van der Waals surface area contributed by atoms with E-state index in [0.29, 0.717) is 0 Å². The summed E-state index contributed by atoms with van der Waals surface area (Å²) in [5.74, 6) is 0.798. The Hall–Kier alpha value is -0.120. The first-order chi connectivity index (χ1) is 8.68. The molecule has 19 heavy (non-hydrogen) atoms. The Morgan fingerprint density at radius 2 is 1.74 bits per heavy atom. The van der Waals surface area contributed by atoms with Crippen LogP contribution in [0.2, 0.25) is 0 Å². The van der Waals surface area contributed by atoms with E-state index in [1.165, 1.54) is 25.7 Å². The molecule has 0 bridgehead atoms. The number of ether oxygens (including phenoxy) is 1. The molecule has 3 heteroatoms. The summed E-state index contributed by atoms with van der Waals surface area (Å²) in [6.45, 7) is 14.0. The Bertz CT molecular complexity index is 311. The molecule has 0 amide bonds. The number of rotatable bonds is 2. The van der Waals surface area contributed by atoms with E-state index in [4.69, 9.17) is 10.5 Å². The molecule has 2 fully saturated rings. The molecule has 1 heterocycles. The minimum absolute atomic E-state index is 0.0788. The van der Waals surface area contributed by atoms with Gasteiger partial charge >= 0.3 is 0 Å². The molecule has 3 nitrogen and oxygen atoms in total. The highest BCUT2D eigenvalue weighted by atomic mass is 16.5. The molecule has 1 saturated heterocycles. The molecule has 112 valence electrons. The average molecular weight is 268 g/mol. The van der Waals surface area contributed by atoms with Crippen LogP contribution in [-0.4, -0.2) is 41.3 Å². The third-order valence-corrected chi connectivity index (χ3v) is 4.81. The van der Waals surface area contributed by atoms with Crippen LogP contribution in [0.3, 0.4) is 0 Å². The van der Waals surface area contributed by atoms with Gasteiger partial charge in [-0.05, 0) is 46.5 Å². The zero-order chi connectivity index (χ0) is 14.3. The zero-order valence-electron chi connectivity index (χ0n) is 13.5. The number of hydrogen-bond donors (Lipinski definition) is 1. The van der Waals surface area contributed by atoms with Crippen LogP contribution in [0.5, 0.6) is 0 Å². The fourth-order valence-electron chi connectivity index (χ4n) is 4.36. The maximum absolute atomic E-state index is 6.23. The summed E-state index contributed by atoms with van der Waals surface area (Å²) < 4.78 is 6.22. The lowest BCUT2D eigenvalue weighted by Crippen LogP contribution is -2.67. The summed E-state index contributed by atoms with van der Waals surface area (Å²) in [5, 5.41) is 0. The average Bonchev–Trinajstić information content (AvgIpc) is 2.24. The van der Waals surface area contributed by atoms with Crippen molar-refractivity contribution in [3.8, 4) is 0 Å². The molecule has 1 aliphatic carbocycles. The number of hydrogen-bond acceptors (Lipinski definition) is 3. The van der Waals surface area contributed by atoms with Crippen molar-refractivity contribution in [3.63, 3.8) is 0 Å². The van der Waals surface area contributed by atoms with Gasteiger partial charge in [-0.1, -0.05) is 19.8 Å². The molecule has 0 aromatic carbocycles. The van der Waals surface area contributed by atoms with Crippen molar-refractivity contribution in [2.45, 2.75) is 77.0 Å².